The van der Waals surface area contributed by atoms with Crippen LogP contribution in [0.3, 0.4) is 0 Å². The van der Waals surface area contributed by atoms with E-state index < -0.39 is 0 Å². The number of carbonyl (C=O) groups is 1. The Balaban J connectivity index is 1.59. The van der Waals surface area contributed by atoms with E-state index in [9.17, 15) is 4.79 Å². The first kappa shape index (κ1) is 26.6. The third-order valence-corrected chi connectivity index (χ3v) is 8.84. The van der Waals surface area contributed by atoms with Crippen LogP contribution in [0.25, 0.3) is 0 Å². The van der Waals surface area contributed by atoms with Gasteiger partial charge in [0.25, 0.3) is 0 Å². The Morgan fingerprint density at radius 2 is 1.82 bits per heavy atom. The molecule has 4 aliphatic rings. The van der Waals surface area contributed by atoms with Gasteiger partial charge in [-0.2, -0.15) is 0 Å². The van der Waals surface area contributed by atoms with E-state index in [1.165, 1.54) is 60.3 Å². The van der Waals surface area contributed by atoms with Gasteiger partial charge in [0.1, 0.15) is 0 Å². The van der Waals surface area contributed by atoms with E-state index in [4.69, 9.17) is 4.74 Å². The first-order chi connectivity index (χ1) is 18.5. The van der Waals surface area contributed by atoms with Crippen LogP contribution >= 0.6 is 0 Å². The number of benzene rings is 1. The van der Waals surface area contributed by atoms with Crippen LogP contribution < -0.4 is 4.90 Å². The molecule has 3 aliphatic heterocycles. The SMILES string of the molecule is CCOC(=O)C1=CC2=CC=C(N3CCCC(CC)CCC3)C(C)CC=C2N2C1=C(CC)Cc1ccccc12. The van der Waals surface area contributed by atoms with Crippen LogP contribution in [0.5, 0.6) is 0 Å². The second-order valence-electron chi connectivity index (χ2n) is 11.2. The predicted molar refractivity (Wildman–Crippen MR) is 157 cm³/mol. The molecule has 1 aliphatic carbocycles. The minimum absolute atomic E-state index is 0.230. The zero-order chi connectivity index (χ0) is 26.6. The lowest BCUT2D eigenvalue weighted by Crippen LogP contribution is -2.35. The van der Waals surface area contributed by atoms with Crippen LogP contribution in [0, 0.1) is 11.8 Å². The minimum Gasteiger partial charge on any atom is -0.462 e. The van der Waals surface area contributed by atoms with Crippen LogP contribution in [-0.4, -0.2) is 30.6 Å². The van der Waals surface area contributed by atoms with Gasteiger partial charge in [-0.15, -0.1) is 0 Å². The first-order valence-electron chi connectivity index (χ1n) is 14.9. The summed E-state index contributed by atoms with van der Waals surface area (Å²) in [7, 11) is 0. The van der Waals surface area contributed by atoms with E-state index in [0.717, 1.165) is 49.5 Å². The van der Waals surface area contributed by atoms with Gasteiger partial charge in [-0.05, 0) is 98.6 Å². The molecule has 1 unspecified atom stereocenters. The maximum Gasteiger partial charge on any atom is 0.340 e. The van der Waals surface area contributed by atoms with Crippen LogP contribution in [-0.2, 0) is 16.0 Å². The topological polar surface area (TPSA) is 32.8 Å². The van der Waals surface area contributed by atoms with Gasteiger partial charge in [0.05, 0.1) is 17.9 Å². The second-order valence-corrected chi connectivity index (χ2v) is 11.2. The van der Waals surface area contributed by atoms with Gasteiger partial charge in [0.2, 0.25) is 0 Å². The Labute approximate surface area is 229 Å². The number of allylic oxidation sites excluding steroid dienone is 6. The summed E-state index contributed by atoms with van der Waals surface area (Å²) in [6.45, 7) is 11.4. The summed E-state index contributed by atoms with van der Waals surface area (Å²) in [6.07, 6.45) is 18.4. The van der Waals surface area contributed by atoms with Gasteiger partial charge in [0, 0.05) is 30.2 Å². The number of rotatable bonds is 5. The molecule has 1 saturated heterocycles. The predicted octanol–water partition coefficient (Wildman–Crippen LogP) is 7.85. The highest BCUT2D eigenvalue weighted by Crippen LogP contribution is 2.46. The van der Waals surface area contributed by atoms with Crippen molar-refractivity contribution in [3.63, 3.8) is 0 Å². The lowest BCUT2D eigenvalue weighted by molar-refractivity contribution is -0.138. The van der Waals surface area contributed by atoms with Crippen molar-refractivity contribution in [3.8, 4) is 0 Å². The summed E-state index contributed by atoms with van der Waals surface area (Å²) in [6, 6.07) is 8.65. The van der Waals surface area contributed by atoms with E-state index in [1.807, 2.05) is 6.92 Å². The number of esters is 1. The normalized spacial score (nSPS) is 22.4. The molecule has 5 rings (SSSR count). The van der Waals surface area contributed by atoms with Crippen molar-refractivity contribution >= 4 is 11.7 Å². The van der Waals surface area contributed by atoms with E-state index >= 15 is 0 Å². The average molecular weight is 513 g/mol. The van der Waals surface area contributed by atoms with Gasteiger partial charge in [-0.25, -0.2) is 4.79 Å². The quantitative estimate of drug-likeness (QED) is 0.376. The third-order valence-electron chi connectivity index (χ3n) is 8.84. The standard InChI is InChI=1S/C34H44N2O2/c1-5-25-12-10-20-35(21-11-13-25)30-19-17-28-23-29(34(37)38-7-3)33-26(6-2)22-27-14-8-9-15-31(27)36(33)32(28)18-16-24(30)4/h8-9,14-15,17-19,23-25H,5-7,10-13,16,20-22H2,1-4H3. The van der Waals surface area contributed by atoms with Crippen molar-refractivity contribution in [3.05, 3.63) is 87.9 Å². The number of hydrogen-bond donors (Lipinski definition) is 0. The molecule has 202 valence electrons. The fraction of sp³-hybridized carbons (Fsp3) is 0.500. The Morgan fingerprint density at radius 1 is 1.05 bits per heavy atom. The molecule has 0 aromatic heterocycles. The Morgan fingerprint density at radius 3 is 2.53 bits per heavy atom. The highest BCUT2D eigenvalue weighted by Gasteiger charge is 2.37. The lowest BCUT2D eigenvalue weighted by Gasteiger charge is -2.41. The summed E-state index contributed by atoms with van der Waals surface area (Å²) in [5.74, 6) is 1.10. The van der Waals surface area contributed by atoms with Crippen LogP contribution in [0.15, 0.2) is 82.4 Å². The molecule has 0 amide bonds. The summed E-state index contributed by atoms with van der Waals surface area (Å²) in [5, 5.41) is 0. The molecule has 0 N–H and O–H groups in total. The molecule has 1 atom stereocenters. The number of anilines is 1. The van der Waals surface area contributed by atoms with Crippen molar-refractivity contribution in [2.75, 3.05) is 24.6 Å². The molecule has 0 spiro atoms. The fourth-order valence-corrected chi connectivity index (χ4v) is 6.69. The number of ether oxygens (including phenoxy) is 1. The van der Waals surface area contributed by atoms with E-state index in [2.05, 4.69) is 79.1 Å². The number of para-hydroxylation sites is 1. The van der Waals surface area contributed by atoms with Gasteiger partial charge in [0.15, 0.2) is 0 Å². The Kier molecular flexibility index (Phi) is 8.26. The van der Waals surface area contributed by atoms with Crippen molar-refractivity contribution in [1.29, 1.82) is 0 Å². The van der Waals surface area contributed by atoms with E-state index in [-0.39, 0.29) is 5.97 Å². The first-order valence-corrected chi connectivity index (χ1v) is 14.9. The summed E-state index contributed by atoms with van der Waals surface area (Å²) >= 11 is 0. The van der Waals surface area contributed by atoms with Crippen molar-refractivity contribution in [2.24, 2.45) is 11.8 Å². The largest absolute Gasteiger partial charge is 0.462 e. The zero-order valence-electron chi connectivity index (χ0n) is 23.8. The number of likely N-dealkylation sites (tertiary alicyclic amines) is 1. The molecular formula is C34H44N2O2. The average Bonchev–Trinajstić information content (AvgIpc) is 2.91. The highest BCUT2D eigenvalue weighted by molar-refractivity contribution is 5.99. The highest BCUT2D eigenvalue weighted by atomic mass is 16.5. The smallest absolute Gasteiger partial charge is 0.340 e. The summed E-state index contributed by atoms with van der Waals surface area (Å²) in [4.78, 5) is 18.3. The van der Waals surface area contributed by atoms with Crippen molar-refractivity contribution in [2.45, 2.75) is 79.1 Å². The van der Waals surface area contributed by atoms with Crippen molar-refractivity contribution in [1.82, 2.24) is 4.90 Å². The molecule has 0 radical (unpaired) electrons. The van der Waals surface area contributed by atoms with Crippen LogP contribution in [0.4, 0.5) is 5.69 Å². The molecule has 1 fully saturated rings. The van der Waals surface area contributed by atoms with E-state index in [0.29, 0.717) is 18.1 Å². The maximum absolute atomic E-state index is 13.3. The van der Waals surface area contributed by atoms with Gasteiger partial charge >= 0.3 is 5.97 Å². The molecular weight excluding hydrogens is 468 g/mol. The van der Waals surface area contributed by atoms with Crippen molar-refractivity contribution < 1.29 is 9.53 Å². The monoisotopic (exact) mass is 512 g/mol. The second kappa shape index (κ2) is 11.8. The van der Waals surface area contributed by atoms with Gasteiger partial charge < -0.3 is 14.5 Å². The number of nitrogens with zero attached hydrogens (tertiary/aromatic N) is 2. The van der Waals surface area contributed by atoms with E-state index in [1.54, 1.807) is 0 Å². The molecule has 1 aromatic carbocycles. The van der Waals surface area contributed by atoms with Gasteiger partial charge in [-0.3, -0.25) is 0 Å². The lowest BCUT2D eigenvalue weighted by atomic mass is 9.84. The minimum atomic E-state index is -0.230. The molecule has 4 heteroatoms. The number of hydrogen-bond acceptors (Lipinski definition) is 4. The molecule has 0 saturated carbocycles. The Hall–Kier alpha value is -3.01. The molecule has 1 aromatic rings. The molecule has 3 heterocycles. The zero-order valence-corrected chi connectivity index (χ0v) is 23.8. The molecule has 38 heavy (non-hydrogen) atoms. The number of carbonyl (C=O) groups excluding carboxylic acids is 1. The Bertz CT molecular complexity index is 1200. The number of fused-ring (bicyclic) bond motifs is 5. The molecule has 0 bridgehead atoms. The van der Waals surface area contributed by atoms with Gasteiger partial charge in [-0.1, -0.05) is 57.5 Å². The molecule has 4 nitrogen and oxygen atoms in total. The maximum atomic E-state index is 13.3. The fourth-order valence-electron chi connectivity index (χ4n) is 6.69. The van der Waals surface area contributed by atoms with Crippen LogP contribution in [0.2, 0.25) is 0 Å². The van der Waals surface area contributed by atoms with Crippen LogP contribution in [0.1, 0.15) is 78.2 Å². The third kappa shape index (κ3) is 5.15. The summed E-state index contributed by atoms with van der Waals surface area (Å²) in [5.41, 5.74) is 9.21. The summed E-state index contributed by atoms with van der Waals surface area (Å²) < 4.78 is 5.59.